The number of methoxy groups -OCH3 is 1. The molecule has 0 unspecified atom stereocenters. The number of ketones is 1. The lowest BCUT2D eigenvalue weighted by molar-refractivity contribution is -0.119. The molecule has 0 saturated carbocycles. The summed E-state index contributed by atoms with van der Waals surface area (Å²) in [5, 5.41) is 0. The Morgan fingerprint density at radius 3 is 2.67 bits per heavy atom. The van der Waals surface area contributed by atoms with Gasteiger partial charge < -0.3 is 4.74 Å². The lowest BCUT2D eigenvalue weighted by Crippen LogP contribution is -2.02. The second kappa shape index (κ2) is 6.05. The minimum atomic E-state index is 0.173. The zero-order valence-corrected chi connectivity index (χ0v) is 6.28. The van der Waals surface area contributed by atoms with E-state index in [9.17, 15) is 4.79 Å². The van der Waals surface area contributed by atoms with Crippen molar-refractivity contribution in [3.05, 3.63) is 0 Å². The van der Waals surface area contributed by atoms with Gasteiger partial charge in [-0.1, -0.05) is 0 Å². The van der Waals surface area contributed by atoms with Gasteiger partial charge in [0.2, 0.25) is 0 Å². The molecule has 0 aromatic carbocycles. The average molecular weight is 151 g/mol. The Kier molecular flexibility index (Phi) is 5.99. The van der Waals surface area contributed by atoms with E-state index in [1.54, 1.807) is 7.11 Å². The summed E-state index contributed by atoms with van der Waals surface area (Å²) in [4.78, 5) is 10.6. The van der Waals surface area contributed by atoms with Gasteiger partial charge in [-0.15, -0.1) is 11.6 Å². The highest BCUT2D eigenvalue weighted by Crippen LogP contribution is 1.91. The third-order valence-electron chi connectivity index (χ3n) is 0.958. The SMILES string of the molecule is COCCC(=O)CCCl. The summed E-state index contributed by atoms with van der Waals surface area (Å²) in [6.45, 7) is 0.510. The largest absolute Gasteiger partial charge is 0.384 e. The van der Waals surface area contributed by atoms with Crippen LogP contribution in [-0.2, 0) is 9.53 Å². The van der Waals surface area contributed by atoms with Gasteiger partial charge >= 0.3 is 0 Å². The molecule has 0 rings (SSSR count). The van der Waals surface area contributed by atoms with Crippen LogP contribution in [0, 0.1) is 0 Å². The van der Waals surface area contributed by atoms with Crippen LogP contribution in [-0.4, -0.2) is 25.4 Å². The molecule has 2 nitrogen and oxygen atoms in total. The molecule has 0 radical (unpaired) electrons. The maximum atomic E-state index is 10.6. The number of rotatable bonds is 5. The zero-order chi connectivity index (χ0) is 7.11. The van der Waals surface area contributed by atoms with Gasteiger partial charge in [-0.3, -0.25) is 4.79 Å². The summed E-state index contributed by atoms with van der Waals surface area (Å²) in [7, 11) is 1.58. The molecule has 0 aromatic rings. The van der Waals surface area contributed by atoms with Crippen molar-refractivity contribution in [2.45, 2.75) is 12.8 Å². The van der Waals surface area contributed by atoms with Crippen LogP contribution in [0.5, 0.6) is 0 Å². The lowest BCUT2D eigenvalue weighted by Gasteiger charge is -1.94. The fraction of sp³-hybridized carbons (Fsp3) is 0.833. The Labute approximate surface area is 60.1 Å². The predicted octanol–water partition coefficient (Wildman–Crippen LogP) is 1.22. The molecule has 0 amide bonds. The molecule has 0 aromatic heterocycles. The van der Waals surface area contributed by atoms with Crippen molar-refractivity contribution >= 4 is 17.4 Å². The Morgan fingerprint density at radius 2 is 2.22 bits per heavy atom. The van der Waals surface area contributed by atoms with E-state index in [0.29, 0.717) is 25.3 Å². The molecule has 0 atom stereocenters. The van der Waals surface area contributed by atoms with Crippen LogP contribution in [0.2, 0.25) is 0 Å². The van der Waals surface area contributed by atoms with E-state index in [4.69, 9.17) is 16.3 Å². The number of alkyl halides is 1. The van der Waals surface area contributed by atoms with E-state index in [1.165, 1.54) is 0 Å². The summed E-state index contributed by atoms with van der Waals surface area (Å²) < 4.78 is 4.69. The molecule has 0 aliphatic carbocycles. The third kappa shape index (κ3) is 5.80. The molecular formula is C6H11ClO2. The topological polar surface area (TPSA) is 26.3 Å². The summed E-state index contributed by atoms with van der Waals surface area (Å²) >= 11 is 5.31. The van der Waals surface area contributed by atoms with Crippen LogP contribution < -0.4 is 0 Å². The highest BCUT2D eigenvalue weighted by atomic mass is 35.5. The fourth-order valence-corrected chi connectivity index (χ4v) is 0.657. The first-order chi connectivity index (χ1) is 4.31. The quantitative estimate of drug-likeness (QED) is 0.551. The van der Waals surface area contributed by atoms with E-state index in [1.807, 2.05) is 0 Å². The average Bonchev–Trinajstić information content (AvgIpc) is 1.85. The minimum Gasteiger partial charge on any atom is -0.384 e. The molecular weight excluding hydrogens is 140 g/mol. The molecule has 0 aliphatic rings. The number of carbonyl (C=O) groups is 1. The van der Waals surface area contributed by atoms with E-state index in [-0.39, 0.29) is 5.78 Å². The standard InChI is InChI=1S/C6H11ClO2/c1-9-5-3-6(8)2-4-7/h2-5H2,1H3. The smallest absolute Gasteiger partial charge is 0.136 e. The van der Waals surface area contributed by atoms with E-state index in [0.717, 1.165) is 0 Å². The predicted molar refractivity (Wildman–Crippen MR) is 36.8 cm³/mol. The molecule has 9 heavy (non-hydrogen) atoms. The number of hydrogen-bond acceptors (Lipinski definition) is 2. The van der Waals surface area contributed by atoms with Crippen molar-refractivity contribution in [3.8, 4) is 0 Å². The third-order valence-corrected chi connectivity index (χ3v) is 1.15. The van der Waals surface area contributed by atoms with Crippen molar-refractivity contribution in [2.24, 2.45) is 0 Å². The first kappa shape index (κ1) is 8.92. The van der Waals surface area contributed by atoms with Gasteiger partial charge in [0.15, 0.2) is 0 Å². The van der Waals surface area contributed by atoms with Crippen LogP contribution in [0.25, 0.3) is 0 Å². The monoisotopic (exact) mass is 150 g/mol. The van der Waals surface area contributed by atoms with Crippen molar-refractivity contribution in [3.63, 3.8) is 0 Å². The van der Waals surface area contributed by atoms with Gasteiger partial charge in [-0.05, 0) is 0 Å². The summed E-state index contributed by atoms with van der Waals surface area (Å²) in [5.41, 5.74) is 0. The van der Waals surface area contributed by atoms with Crippen LogP contribution >= 0.6 is 11.6 Å². The molecule has 3 heteroatoms. The Balaban J connectivity index is 3.06. The molecule has 0 aliphatic heterocycles. The van der Waals surface area contributed by atoms with Crippen LogP contribution in [0.15, 0.2) is 0 Å². The van der Waals surface area contributed by atoms with Crippen LogP contribution in [0.4, 0.5) is 0 Å². The van der Waals surface area contributed by atoms with Gasteiger partial charge in [0.25, 0.3) is 0 Å². The number of ether oxygens (including phenoxy) is 1. The summed E-state index contributed by atoms with van der Waals surface area (Å²) in [6, 6.07) is 0. The summed E-state index contributed by atoms with van der Waals surface area (Å²) in [6.07, 6.45) is 0.953. The second-order valence-electron chi connectivity index (χ2n) is 1.72. The number of halogens is 1. The van der Waals surface area contributed by atoms with Crippen LogP contribution in [0.3, 0.4) is 0 Å². The normalized spacial score (nSPS) is 9.56. The highest BCUT2D eigenvalue weighted by molar-refractivity contribution is 6.19. The molecule has 0 heterocycles. The molecule has 0 saturated heterocycles. The fourth-order valence-electron chi connectivity index (χ4n) is 0.446. The Morgan fingerprint density at radius 1 is 1.56 bits per heavy atom. The molecule has 0 N–H and O–H groups in total. The Bertz CT molecular complexity index is 83.1. The van der Waals surface area contributed by atoms with Gasteiger partial charge in [0, 0.05) is 25.8 Å². The number of Topliss-reactive ketones (excluding diaryl/α,β-unsaturated/α-hetero) is 1. The van der Waals surface area contributed by atoms with E-state index in [2.05, 4.69) is 0 Å². The first-order valence-electron chi connectivity index (χ1n) is 2.88. The van der Waals surface area contributed by atoms with E-state index < -0.39 is 0 Å². The maximum absolute atomic E-state index is 10.6. The molecule has 0 fully saturated rings. The first-order valence-corrected chi connectivity index (χ1v) is 3.41. The van der Waals surface area contributed by atoms with Crippen molar-refractivity contribution < 1.29 is 9.53 Å². The zero-order valence-electron chi connectivity index (χ0n) is 5.52. The highest BCUT2D eigenvalue weighted by Gasteiger charge is 1.97. The van der Waals surface area contributed by atoms with Gasteiger partial charge in [0.05, 0.1) is 6.61 Å². The number of carbonyl (C=O) groups excluding carboxylic acids is 1. The molecule has 0 bridgehead atoms. The van der Waals surface area contributed by atoms with Gasteiger partial charge in [0.1, 0.15) is 5.78 Å². The van der Waals surface area contributed by atoms with Crippen molar-refractivity contribution in [1.29, 1.82) is 0 Å². The Hall–Kier alpha value is -0.0800. The summed E-state index contributed by atoms with van der Waals surface area (Å²) in [5.74, 6) is 0.592. The molecule has 54 valence electrons. The van der Waals surface area contributed by atoms with Crippen LogP contribution in [0.1, 0.15) is 12.8 Å². The van der Waals surface area contributed by atoms with Gasteiger partial charge in [-0.2, -0.15) is 0 Å². The van der Waals surface area contributed by atoms with E-state index >= 15 is 0 Å². The minimum absolute atomic E-state index is 0.173. The van der Waals surface area contributed by atoms with Crippen molar-refractivity contribution in [2.75, 3.05) is 19.6 Å². The van der Waals surface area contributed by atoms with Crippen molar-refractivity contribution in [1.82, 2.24) is 0 Å². The lowest BCUT2D eigenvalue weighted by atomic mass is 10.2. The second-order valence-corrected chi connectivity index (χ2v) is 2.10. The number of hydrogen-bond donors (Lipinski definition) is 0. The van der Waals surface area contributed by atoms with Gasteiger partial charge in [-0.25, -0.2) is 0 Å². The molecule has 0 spiro atoms. The maximum Gasteiger partial charge on any atom is 0.136 e.